The second kappa shape index (κ2) is 6.33. The normalized spacial score (nSPS) is 12.6. The Hall–Kier alpha value is -1.46. The van der Waals surface area contributed by atoms with Gasteiger partial charge in [-0.3, -0.25) is 0 Å². The van der Waals surface area contributed by atoms with Crippen LogP contribution in [0.1, 0.15) is 22.2 Å². The molecule has 2 aromatic rings. The number of aromatic hydroxyl groups is 1. The maximum atomic E-state index is 13.2. The zero-order valence-electron chi connectivity index (χ0n) is 11.4. The van der Waals surface area contributed by atoms with Gasteiger partial charge in [0.25, 0.3) is 0 Å². The molecule has 0 spiro atoms. The first kappa shape index (κ1) is 14.9. The summed E-state index contributed by atoms with van der Waals surface area (Å²) >= 11 is 1.75. The van der Waals surface area contributed by atoms with Crippen molar-refractivity contribution in [3.8, 4) is 5.75 Å². The van der Waals surface area contributed by atoms with E-state index >= 15 is 0 Å². The Bertz CT molecular complexity index is 574. The Morgan fingerprint density at radius 2 is 1.90 bits per heavy atom. The van der Waals surface area contributed by atoms with Gasteiger partial charge in [-0.2, -0.15) is 0 Å². The van der Waals surface area contributed by atoms with Crippen molar-refractivity contribution in [3.05, 3.63) is 51.2 Å². The zero-order valence-corrected chi connectivity index (χ0v) is 12.2. The molecule has 0 radical (unpaired) electrons. The van der Waals surface area contributed by atoms with E-state index < -0.39 is 17.4 Å². The number of rotatable bonds is 5. The maximum absolute atomic E-state index is 13.2. The number of hydrogen-bond donors (Lipinski definition) is 2. The Kier molecular flexibility index (Phi) is 4.73. The van der Waals surface area contributed by atoms with E-state index in [-0.39, 0.29) is 6.04 Å². The standard InChI is InChI=1S/C15H17F2NOS/c1-9(5-12-4-3-10(2)20-12)18-8-11-6-13(16)15(19)14(17)7-11/h3-4,6-7,9,18-19H,5,8H2,1-2H3. The molecular formula is C15H17F2NOS. The second-order valence-corrected chi connectivity index (χ2v) is 6.28. The van der Waals surface area contributed by atoms with Crippen molar-refractivity contribution in [2.45, 2.75) is 32.9 Å². The molecule has 20 heavy (non-hydrogen) atoms. The second-order valence-electron chi connectivity index (χ2n) is 4.91. The monoisotopic (exact) mass is 297 g/mol. The molecular weight excluding hydrogens is 280 g/mol. The molecule has 5 heteroatoms. The van der Waals surface area contributed by atoms with Crippen LogP contribution in [-0.4, -0.2) is 11.1 Å². The molecule has 0 saturated carbocycles. The molecule has 1 atom stereocenters. The lowest BCUT2D eigenvalue weighted by Crippen LogP contribution is -2.27. The molecule has 0 aliphatic carbocycles. The van der Waals surface area contributed by atoms with Crippen LogP contribution in [-0.2, 0) is 13.0 Å². The first-order chi connectivity index (χ1) is 9.45. The van der Waals surface area contributed by atoms with Gasteiger partial charge in [-0.15, -0.1) is 11.3 Å². The van der Waals surface area contributed by atoms with E-state index in [2.05, 4.69) is 24.4 Å². The van der Waals surface area contributed by atoms with Gasteiger partial charge in [-0.1, -0.05) is 0 Å². The van der Waals surface area contributed by atoms with Crippen molar-refractivity contribution in [1.29, 1.82) is 0 Å². The van der Waals surface area contributed by atoms with Crippen LogP contribution in [0.15, 0.2) is 24.3 Å². The van der Waals surface area contributed by atoms with Crippen molar-refractivity contribution >= 4 is 11.3 Å². The van der Waals surface area contributed by atoms with Crippen molar-refractivity contribution in [1.82, 2.24) is 5.32 Å². The largest absolute Gasteiger partial charge is 0.503 e. The van der Waals surface area contributed by atoms with Crippen LogP contribution in [0.2, 0.25) is 0 Å². The quantitative estimate of drug-likeness (QED) is 0.880. The highest BCUT2D eigenvalue weighted by Crippen LogP contribution is 2.21. The van der Waals surface area contributed by atoms with Crippen LogP contribution < -0.4 is 5.32 Å². The predicted octanol–water partition coefficient (Wildman–Crippen LogP) is 3.76. The Labute approximate surface area is 121 Å². The van der Waals surface area contributed by atoms with Gasteiger partial charge in [0.2, 0.25) is 0 Å². The summed E-state index contributed by atoms with van der Waals surface area (Å²) in [5.41, 5.74) is 0.479. The lowest BCUT2D eigenvalue weighted by molar-refractivity contribution is 0.394. The zero-order chi connectivity index (χ0) is 14.7. The smallest absolute Gasteiger partial charge is 0.187 e. The number of halogens is 2. The highest BCUT2D eigenvalue weighted by Gasteiger charge is 2.10. The Balaban J connectivity index is 1.91. The minimum atomic E-state index is -0.927. The molecule has 0 aliphatic rings. The minimum absolute atomic E-state index is 0.202. The number of hydrogen-bond acceptors (Lipinski definition) is 3. The number of benzene rings is 1. The molecule has 1 aromatic carbocycles. The molecule has 0 fully saturated rings. The summed E-state index contributed by atoms with van der Waals surface area (Å²) in [5, 5.41) is 12.3. The van der Waals surface area contributed by atoms with E-state index in [9.17, 15) is 8.78 Å². The van der Waals surface area contributed by atoms with Crippen molar-refractivity contribution < 1.29 is 13.9 Å². The number of phenols is 1. The fraction of sp³-hybridized carbons (Fsp3) is 0.333. The van der Waals surface area contributed by atoms with E-state index in [1.165, 1.54) is 9.75 Å². The maximum Gasteiger partial charge on any atom is 0.187 e. The van der Waals surface area contributed by atoms with E-state index in [0.29, 0.717) is 12.1 Å². The van der Waals surface area contributed by atoms with Gasteiger partial charge in [0, 0.05) is 22.3 Å². The molecule has 2 nitrogen and oxygen atoms in total. The molecule has 1 aromatic heterocycles. The van der Waals surface area contributed by atoms with Crippen molar-refractivity contribution in [2.75, 3.05) is 0 Å². The highest BCUT2D eigenvalue weighted by atomic mass is 32.1. The van der Waals surface area contributed by atoms with Crippen LogP contribution in [0.4, 0.5) is 8.78 Å². The minimum Gasteiger partial charge on any atom is -0.503 e. The van der Waals surface area contributed by atoms with Crippen LogP contribution in [0, 0.1) is 18.6 Å². The van der Waals surface area contributed by atoms with Crippen LogP contribution in [0.25, 0.3) is 0 Å². The number of thiophene rings is 1. The van der Waals surface area contributed by atoms with Gasteiger partial charge in [0.15, 0.2) is 17.4 Å². The van der Waals surface area contributed by atoms with Crippen LogP contribution >= 0.6 is 11.3 Å². The molecule has 0 bridgehead atoms. The van der Waals surface area contributed by atoms with E-state index in [0.717, 1.165) is 18.6 Å². The first-order valence-electron chi connectivity index (χ1n) is 6.41. The average molecular weight is 297 g/mol. The Morgan fingerprint density at radius 3 is 2.45 bits per heavy atom. The van der Waals surface area contributed by atoms with Crippen LogP contribution in [0.3, 0.4) is 0 Å². The van der Waals surface area contributed by atoms with Gasteiger partial charge < -0.3 is 10.4 Å². The van der Waals surface area contributed by atoms with Crippen molar-refractivity contribution in [2.24, 2.45) is 0 Å². The number of nitrogens with one attached hydrogen (secondary N) is 1. The molecule has 0 amide bonds. The summed E-state index contributed by atoms with van der Waals surface area (Å²) in [6.45, 7) is 4.45. The molecule has 2 rings (SSSR count). The van der Waals surface area contributed by atoms with Gasteiger partial charge in [0.05, 0.1) is 0 Å². The summed E-state index contributed by atoms with van der Waals surface area (Å²) < 4.78 is 26.4. The third kappa shape index (κ3) is 3.77. The number of aryl methyl sites for hydroxylation is 1. The fourth-order valence-corrected chi connectivity index (χ4v) is 3.00. The molecule has 2 N–H and O–H groups in total. The molecule has 0 aliphatic heterocycles. The third-order valence-corrected chi connectivity index (χ3v) is 4.06. The predicted molar refractivity (Wildman–Crippen MR) is 77.1 cm³/mol. The lowest BCUT2D eigenvalue weighted by Gasteiger charge is -2.13. The topological polar surface area (TPSA) is 32.3 Å². The molecule has 108 valence electrons. The molecule has 0 saturated heterocycles. The molecule has 1 unspecified atom stereocenters. The third-order valence-electron chi connectivity index (χ3n) is 3.03. The fourth-order valence-electron chi connectivity index (χ4n) is 1.98. The molecule has 1 heterocycles. The van der Waals surface area contributed by atoms with E-state index in [1.54, 1.807) is 11.3 Å². The van der Waals surface area contributed by atoms with Crippen LogP contribution in [0.5, 0.6) is 5.75 Å². The highest BCUT2D eigenvalue weighted by molar-refractivity contribution is 7.11. The lowest BCUT2D eigenvalue weighted by atomic mass is 10.1. The SMILES string of the molecule is Cc1ccc(CC(C)NCc2cc(F)c(O)c(F)c2)s1. The number of phenolic OH excluding ortho intramolecular Hbond substituents is 1. The van der Waals surface area contributed by atoms with Gasteiger partial charge in [-0.05, 0) is 50.1 Å². The average Bonchev–Trinajstić information content (AvgIpc) is 2.78. The summed E-state index contributed by atoms with van der Waals surface area (Å²) in [7, 11) is 0. The summed E-state index contributed by atoms with van der Waals surface area (Å²) in [6, 6.07) is 6.67. The van der Waals surface area contributed by atoms with Gasteiger partial charge >= 0.3 is 0 Å². The Morgan fingerprint density at radius 1 is 1.25 bits per heavy atom. The summed E-state index contributed by atoms with van der Waals surface area (Å²) in [4.78, 5) is 2.56. The van der Waals surface area contributed by atoms with Gasteiger partial charge in [0.1, 0.15) is 0 Å². The van der Waals surface area contributed by atoms with Crippen molar-refractivity contribution in [3.63, 3.8) is 0 Å². The summed E-state index contributed by atoms with van der Waals surface area (Å²) in [5.74, 6) is -2.78. The first-order valence-corrected chi connectivity index (χ1v) is 7.23. The van der Waals surface area contributed by atoms with Gasteiger partial charge in [-0.25, -0.2) is 8.78 Å². The summed E-state index contributed by atoms with van der Waals surface area (Å²) in [6.07, 6.45) is 0.877. The van der Waals surface area contributed by atoms with E-state index in [4.69, 9.17) is 5.11 Å². The van der Waals surface area contributed by atoms with E-state index in [1.807, 2.05) is 6.92 Å².